The molecular formula is C24H24FN3O3. The number of hydrogen-bond acceptors (Lipinski definition) is 3. The summed E-state index contributed by atoms with van der Waals surface area (Å²) in [5, 5.41) is 0. The van der Waals surface area contributed by atoms with E-state index in [1.54, 1.807) is 30.3 Å². The van der Waals surface area contributed by atoms with Crippen molar-refractivity contribution in [1.82, 2.24) is 15.4 Å². The Labute approximate surface area is 179 Å². The van der Waals surface area contributed by atoms with Crippen molar-refractivity contribution in [1.29, 1.82) is 0 Å². The zero-order chi connectivity index (χ0) is 22.6. The number of hydrazine groups is 1. The molecule has 0 saturated carbocycles. The Morgan fingerprint density at radius 2 is 1.52 bits per heavy atom. The van der Waals surface area contributed by atoms with Crippen molar-refractivity contribution in [2.75, 3.05) is 0 Å². The van der Waals surface area contributed by atoms with Crippen LogP contribution in [0.15, 0.2) is 71.7 Å². The lowest BCUT2D eigenvalue weighted by atomic mass is 9.87. The number of hydrogen-bond donors (Lipinski definition) is 2. The highest BCUT2D eigenvalue weighted by molar-refractivity contribution is 5.98. The molecule has 6 nitrogen and oxygen atoms in total. The van der Waals surface area contributed by atoms with Crippen LogP contribution in [0.2, 0.25) is 0 Å². The molecule has 0 fully saturated rings. The number of amides is 2. The van der Waals surface area contributed by atoms with Crippen molar-refractivity contribution in [2.24, 2.45) is 0 Å². The lowest BCUT2D eigenvalue weighted by molar-refractivity contribution is 0.0845. The molecule has 7 heteroatoms. The van der Waals surface area contributed by atoms with E-state index in [0.29, 0.717) is 11.1 Å². The van der Waals surface area contributed by atoms with E-state index in [1.165, 1.54) is 29.0 Å². The first kappa shape index (κ1) is 22.0. The van der Waals surface area contributed by atoms with Crippen molar-refractivity contribution in [2.45, 2.75) is 32.7 Å². The Hall–Kier alpha value is -3.74. The van der Waals surface area contributed by atoms with Crippen molar-refractivity contribution >= 4 is 11.8 Å². The van der Waals surface area contributed by atoms with Gasteiger partial charge in [-0.15, -0.1) is 0 Å². The minimum atomic E-state index is -0.724. The second-order valence-corrected chi connectivity index (χ2v) is 8.22. The van der Waals surface area contributed by atoms with E-state index >= 15 is 0 Å². The number of rotatable bonds is 4. The van der Waals surface area contributed by atoms with Gasteiger partial charge in [0.2, 0.25) is 0 Å². The van der Waals surface area contributed by atoms with Crippen LogP contribution in [0.25, 0.3) is 0 Å². The van der Waals surface area contributed by atoms with Gasteiger partial charge in [0.25, 0.3) is 17.4 Å². The summed E-state index contributed by atoms with van der Waals surface area (Å²) < 4.78 is 14.4. The molecule has 0 saturated heterocycles. The Morgan fingerprint density at radius 1 is 0.903 bits per heavy atom. The van der Waals surface area contributed by atoms with Gasteiger partial charge < -0.3 is 4.57 Å². The summed E-state index contributed by atoms with van der Waals surface area (Å²) in [6.45, 7) is 6.41. The van der Waals surface area contributed by atoms with Crippen LogP contribution in [0.3, 0.4) is 0 Å². The Balaban J connectivity index is 1.67. The van der Waals surface area contributed by atoms with E-state index in [1.807, 2.05) is 12.1 Å². The summed E-state index contributed by atoms with van der Waals surface area (Å²) in [6.07, 6.45) is 1.54. The maximum atomic E-state index is 13.1. The number of carbonyl (C=O) groups excluding carboxylic acids is 2. The monoisotopic (exact) mass is 421 g/mol. The van der Waals surface area contributed by atoms with Crippen molar-refractivity contribution in [3.8, 4) is 0 Å². The van der Waals surface area contributed by atoms with Gasteiger partial charge in [-0.2, -0.15) is 0 Å². The predicted molar refractivity (Wildman–Crippen MR) is 116 cm³/mol. The number of nitrogens with one attached hydrogen (secondary N) is 2. The molecule has 0 bridgehead atoms. The van der Waals surface area contributed by atoms with E-state index < -0.39 is 17.4 Å². The minimum Gasteiger partial charge on any atom is -0.310 e. The fourth-order valence-corrected chi connectivity index (χ4v) is 3.00. The topological polar surface area (TPSA) is 80.2 Å². The lowest BCUT2D eigenvalue weighted by Crippen LogP contribution is -2.44. The number of pyridine rings is 1. The van der Waals surface area contributed by atoms with Gasteiger partial charge in [0, 0.05) is 11.8 Å². The highest BCUT2D eigenvalue weighted by Crippen LogP contribution is 2.22. The lowest BCUT2D eigenvalue weighted by Gasteiger charge is -2.19. The first-order chi connectivity index (χ1) is 14.6. The number of nitrogens with zero attached hydrogens (tertiary/aromatic N) is 1. The van der Waals surface area contributed by atoms with Crippen LogP contribution in [0, 0.1) is 5.82 Å². The van der Waals surface area contributed by atoms with Crippen LogP contribution in [0.4, 0.5) is 4.39 Å². The molecular weight excluding hydrogens is 397 g/mol. The SMILES string of the molecule is CC(C)(C)c1ccc(C(=O)NNC(=O)c2cccn(Cc3ccc(F)cc3)c2=O)cc1. The van der Waals surface area contributed by atoms with Gasteiger partial charge in [0.1, 0.15) is 11.4 Å². The van der Waals surface area contributed by atoms with Crippen LogP contribution >= 0.6 is 0 Å². The molecule has 0 atom stereocenters. The summed E-state index contributed by atoms with van der Waals surface area (Å²) in [6, 6.07) is 15.8. The maximum Gasteiger partial charge on any atom is 0.275 e. The zero-order valence-electron chi connectivity index (χ0n) is 17.6. The van der Waals surface area contributed by atoms with Gasteiger partial charge in [-0.3, -0.25) is 25.2 Å². The highest BCUT2D eigenvalue weighted by Gasteiger charge is 2.16. The van der Waals surface area contributed by atoms with Crippen LogP contribution in [0.1, 0.15) is 52.6 Å². The molecule has 31 heavy (non-hydrogen) atoms. The fourth-order valence-electron chi connectivity index (χ4n) is 3.00. The van der Waals surface area contributed by atoms with Crippen molar-refractivity contribution < 1.29 is 14.0 Å². The molecule has 2 N–H and O–H groups in total. The third-order valence-corrected chi connectivity index (χ3v) is 4.83. The number of benzene rings is 2. The summed E-state index contributed by atoms with van der Waals surface area (Å²) >= 11 is 0. The molecule has 1 aromatic heterocycles. The quantitative estimate of drug-likeness (QED) is 0.634. The second kappa shape index (κ2) is 8.95. The molecule has 160 valence electrons. The maximum absolute atomic E-state index is 13.1. The molecule has 0 aliphatic carbocycles. The first-order valence-corrected chi connectivity index (χ1v) is 9.80. The molecule has 0 aliphatic heterocycles. The number of carbonyl (C=O) groups is 2. The van der Waals surface area contributed by atoms with Crippen LogP contribution in [-0.4, -0.2) is 16.4 Å². The van der Waals surface area contributed by atoms with Gasteiger partial charge >= 0.3 is 0 Å². The smallest absolute Gasteiger partial charge is 0.275 e. The molecule has 3 aromatic rings. The Bertz CT molecular complexity index is 1140. The van der Waals surface area contributed by atoms with E-state index in [9.17, 15) is 18.8 Å². The van der Waals surface area contributed by atoms with Crippen LogP contribution in [0.5, 0.6) is 0 Å². The normalized spacial score (nSPS) is 11.1. The third-order valence-electron chi connectivity index (χ3n) is 4.83. The summed E-state index contributed by atoms with van der Waals surface area (Å²) in [5.41, 5.74) is 6.12. The molecule has 0 spiro atoms. The average molecular weight is 421 g/mol. The largest absolute Gasteiger partial charge is 0.310 e. The van der Waals surface area contributed by atoms with E-state index in [2.05, 4.69) is 31.6 Å². The standard InChI is InChI=1S/C24H24FN3O3/c1-24(2,3)18-10-8-17(9-11-18)21(29)26-27-22(30)20-5-4-14-28(23(20)31)15-16-6-12-19(25)13-7-16/h4-14H,15H2,1-3H3,(H,26,29)(H,27,30). The fraction of sp³-hybridized carbons (Fsp3) is 0.208. The molecule has 0 unspecified atom stereocenters. The molecule has 2 aromatic carbocycles. The highest BCUT2D eigenvalue weighted by atomic mass is 19.1. The van der Waals surface area contributed by atoms with Gasteiger partial charge in [-0.25, -0.2) is 4.39 Å². The molecule has 1 heterocycles. The first-order valence-electron chi connectivity index (χ1n) is 9.80. The third kappa shape index (κ3) is 5.45. The van der Waals surface area contributed by atoms with E-state index in [0.717, 1.165) is 5.56 Å². The summed E-state index contributed by atoms with van der Waals surface area (Å²) in [5.74, 6) is -1.58. The second-order valence-electron chi connectivity index (χ2n) is 8.22. The molecule has 0 aliphatic rings. The number of aromatic nitrogens is 1. The zero-order valence-corrected chi connectivity index (χ0v) is 17.6. The van der Waals surface area contributed by atoms with Crippen LogP contribution in [-0.2, 0) is 12.0 Å². The van der Waals surface area contributed by atoms with Gasteiger partial charge in [-0.1, -0.05) is 45.0 Å². The van der Waals surface area contributed by atoms with Crippen molar-refractivity contribution in [3.63, 3.8) is 0 Å². The number of halogens is 1. The molecule has 0 radical (unpaired) electrons. The van der Waals surface area contributed by atoms with E-state index in [4.69, 9.17) is 0 Å². The summed E-state index contributed by atoms with van der Waals surface area (Å²) in [7, 11) is 0. The average Bonchev–Trinajstić information content (AvgIpc) is 2.74. The van der Waals surface area contributed by atoms with E-state index in [-0.39, 0.29) is 23.3 Å². The van der Waals surface area contributed by atoms with Gasteiger partial charge in [-0.05, 0) is 52.9 Å². The predicted octanol–water partition coefficient (Wildman–Crippen LogP) is 3.41. The Kier molecular flexibility index (Phi) is 6.34. The van der Waals surface area contributed by atoms with Crippen LogP contribution < -0.4 is 16.4 Å². The Morgan fingerprint density at radius 3 is 2.13 bits per heavy atom. The molecule has 3 rings (SSSR count). The van der Waals surface area contributed by atoms with Gasteiger partial charge in [0.05, 0.1) is 6.54 Å². The summed E-state index contributed by atoms with van der Waals surface area (Å²) in [4.78, 5) is 37.4. The molecule has 2 amide bonds. The van der Waals surface area contributed by atoms with Gasteiger partial charge in [0.15, 0.2) is 0 Å². The minimum absolute atomic E-state index is 0.0374. The van der Waals surface area contributed by atoms with Crippen molar-refractivity contribution in [3.05, 3.63) is 105 Å².